The molecule has 1 fully saturated rings. The highest BCUT2D eigenvalue weighted by atomic mass is 16.5. The zero-order valence-electron chi connectivity index (χ0n) is 18.4. The molecule has 0 saturated carbocycles. The average Bonchev–Trinajstić information content (AvgIpc) is 3.21. The van der Waals surface area contributed by atoms with Gasteiger partial charge in [-0.25, -0.2) is 0 Å². The average molecular weight is 433 g/mol. The van der Waals surface area contributed by atoms with Crippen molar-refractivity contribution in [2.75, 3.05) is 33.4 Å². The monoisotopic (exact) mass is 432 g/mol. The molecule has 1 atom stereocenters. The minimum Gasteiger partial charge on any atom is -0.497 e. The molecule has 6 nitrogen and oxygen atoms in total. The molecule has 0 radical (unpaired) electrons. The second-order valence-electron chi connectivity index (χ2n) is 8.78. The number of benzene rings is 2. The lowest BCUT2D eigenvalue weighted by Gasteiger charge is -2.32. The van der Waals surface area contributed by atoms with Gasteiger partial charge < -0.3 is 20.1 Å². The minimum atomic E-state index is -0.410. The smallest absolute Gasteiger partial charge is 0.249 e. The molecule has 2 aromatic rings. The Morgan fingerprint density at radius 2 is 1.94 bits per heavy atom. The first-order valence-corrected chi connectivity index (χ1v) is 11.2. The van der Waals surface area contributed by atoms with Crippen molar-refractivity contribution in [2.45, 2.75) is 25.7 Å². The van der Waals surface area contributed by atoms with Gasteiger partial charge in [0.2, 0.25) is 11.8 Å². The van der Waals surface area contributed by atoms with Gasteiger partial charge in [0.1, 0.15) is 5.75 Å². The molecule has 166 valence electrons. The third-order valence-corrected chi connectivity index (χ3v) is 6.98. The van der Waals surface area contributed by atoms with Crippen molar-refractivity contribution in [2.24, 2.45) is 11.7 Å². The van der Waals surface area contributed by atoms with Gasteiger partial charge >= 0.3 is 0 Å². The van der Waals surface area contributed by atoms with Gasteiger partial charge in [0.15, 0.2) is 0 Å². The molecule has 2 N–H and O–H groups in total. The number of hydrogen-bond acceptors (Lipinski definition) is 4. The molecule has 0 aromatic heterocycles. The second kappa shape index (κ2) is 8.43. The van der Waals surface area contributed by atoms with Crippen molar-refractivity contribution in [1.82, 2.24) is 4.90 Å². The highest BCUT2D eigenvalue weighted by Crippen LogP contribution is 2.46. The van der Waals surface area contributed by atoms with Crippen LogP contribution in [0.4, 0.5) is 0 Å². The van der Waals surface area contributed by atoms with Gasteiger partial charge in [-0.1, -0.05) is 17.7 Å². The predicted octanol–water partition coefficient (Wildman–Crippen LogP) is 3.43. The van der Waals surface area contributed by atoms with Crippen molar-refractivity contribution in [1.29, 1.82) is 0 Å². The number of methoxy groups -OCH3 is 1. The summed E-state index contributed by atoms with van der Waals surface area (Å²) in [5.74, 6) is 0.562. The Morgan fingerprint density at radius 1 is 1.12 bits per heavy atom. The van der Waals surface area contributed by atoms with Crippen LogP contribution in [0, 0.1) is 5.92 Å². The molecule has 0 spiro atoms. The van der Waals surface area contributed by atoms with E-state index >= 15 is 0 Å². The molecule has 1 unspecified atom stereocenters. The maximum absolute atomic E-state index is 13.1. The number of carbonyl (C=O) groups excluding carboxylic acids is 2. The van der Waals surface area contributed by atoms with Gasteiger partial charge in [-0.05, 0) is 77.8 Å². The number of hydrogen-bond donors (Lipinski definition) is 1. The van der Waals surface area contributed by atoms with Crippen LogP contribution in [0.5, 0.6) is 5.75 Å². The van der Waals surface area contributed by atoms with E-state index in [0.29, 0.717) is 31.9 Å². The largest absolute Gasteiger partial charge is 0.497 e. The zero-order chi connectivity index (χ0) is 22.2. The Labute approximate surface area is 188 Å². The minimum absolute atomic E-state index is 0.0182. The number of allylic oxidation sites excluding steroid dienone is 2. The fourth-order valence-electron chi connectivity index (χ4n) is 5.27. The molecule has 1 saturated heterocycles. The summed E-state index contributed by atoms with van der Waals surface area (Å²) in [6.07, 6.45) is 3.22. The van der Waals surface area contributed by atoms with E-state index in [1.54, 1.807) is 7.11 Å². The highest BCUT2D eigenvalue weighted by molar-refractivity contribution is 5.99. The summed E-state index contributed by atoms with van der Waals surface area (Å²) in [4.78, 5) is 27.4. The Bertz CT molecular complexity index is 1110. The first-order chi connectivity index (χ1) is 15.5. The summed E-state index contributed by atoms with van der Waals surface area (Å²) in [5, 5.41) is 0. The van der Waals surface area contributed by atoms with E-state index in [9.17, 15) is 9.59 Å². The second-order valence-corrected chi connectivity index (χ2v) is 8.78. The molecule has 32 heavy (non-hydrogen) atoms. The lowest BCUT2D eigenvalue weighted by atomic mass is 9.82. The van der Waals surface area contributed by atoms with E-state index in [4.69, 9.17) is 15.2 Å². The molecule has 1 aliphatic heterocycles. The third-order valence-electron chi connectivity index (χ3n) is 6.98. The number of ether oxygens (including phenoxy) is 2. The van der Waals surface area contributed by atoms with Crippen molar-refractivity contribution < 1.29 is 19.1 Å². The molecule has 2 amide bonds. The number of primary amides is 1. The number of nitrogens with two attached hydrogens (primary N) is 1. The quantitative estimate of drug-likeness (QED) is 0.803. The summed E-state index contributed by atoms with van der Waals surface area (Å²) in [5.41, 5.74) is 12.9. The number of carbonyl (C=O) groups is 2. The molecular formula is C26H28N2O4. The molecule has 2 aromatic carbocycles. The fourth-order valence-corrected chi connectivity index (χ4v) is 5.27. The number of rotatable bonds is 4. The van der Waals surface area contributed by atoms with Gasteiger partial charge in [0.05, 0.1) is 20.3 Å². The van der Waals surface area contributed by atoms with Crippen LogP contribution in [0.1, 0.15) is 40.7 Å². The summed E-state index contributed by atoms with van der Waals surface area (Å²) >= 11 is 0. The fraction of sp³-hybridized carbons (Fsp3) is 0.385. The van der Waals surface area contributed by atoms with Gasteiger partial charge in [-0.15, -0.1) is 0 Å². The molecule has 3 aliphatic rings. The number of fused-ring (bicyclic) bond motifs is 2. The summed E-state index contributed by atoms with van der Waals surface area (Å²) in [6.45, 7) is 2.56. The van der Waals surface area contributed by atoms with Crippen LogP contribution in [0.2, 0.25) is 0 Å². The highest BCUT2D eigenvalue weighted by Gasteiger charge is 2.35. The van der Waals surface area contributed by atoms with Crippen LogP contribution in [-0.2, 0) is 16.0 Å². The molecule has 0 bridgehead atoms. The standard InChI is InChI=1S/C26H28N2O4/c1-31-20-4-2-3-16(11-20)19-14-22-21-13-18(26(30)28-7-9-32-10-8-28)6-5-17(21)12-23(22)24(15-19)25(27)29/h2-4,11,14-15,18H,5-10,12-13H2,1H3,(H2,27,29). The molecule has 1 heterocycles. The van der Waals surface area contributed by atoms with Crippen LogP contribution < -0.4 is 10.5 Å². The lowest BCUT2D eigenvalue weighted by Crippen LogP contribution is -2.44. The molecule has 6 heteroatoms. The van der Waals surface area contributed by atoms with E-state index in [0.717, 1.165) is 53.7 Å². The van der Waals surface area contributed by atoms with Crippen molar-refractivity contribution in [3.63, 3.8) is 0 Å². The molecule has 5 rings (SSSR count). The predicted molar refractivity (Wildman–Crippen MR) is 122 cm³/mol. The van der Waals surface area contributed by atoms with E-state index in [1.165, 1.54) is 11.1 Å². The van der Waals surface area contributed by atoms with E-state index in [-0.39, 0.29) is 11.8 Å². The van der Waals surface area contributed by atoms with Crippen LogP contribution in [0.3, 0.4) is 0 Å². The van der Waals surface area contributed by atoms with Crippen molar-refractivity contribution in [3.05, 3.63) is 58.7 Å². The third kappa shape index (κ3) is 3.69. The van der Waals surface area contributed by atoms with Gasteiger partial charge in [-0.2, -0.15) is 0 Å². The summed E-state index contributed by atoms with van der Waals surface area (Å²) in [7, 11) is 1.64. The zero-order valence-corrected chi connectivity index (χ0v) is 18.4. The molecular weight excluding hydrogens is 404 g/mol. The number of nitrogens with zero attached hydrogens (tertiary/aromatic N) is 1. The normalized spacial score (nSPS) is 20.0. The Balaban J connectivity index is 1.50. The van der Waals surface area contributed by atoms with Gasteiger partial charge in [-0.3, -0.25) is 9.59 Å². The van der Waals surface area contributed by atoms with Crippen LogP contribution in [0.15, 0.2) is 42.0 Å². The number of morpholine rings is 1. The van der Waals surface area contributed by atoms with Crippen LogP contribution in [0.25, 0.3) is 16.7 Å². The van der Waals surface area contributed by atoms with Crippen LogP contribution in [-0.4, -0.2) is 50.1 Å². The first-order valence-electron chi connectivity index (χ1n) is 11.2. The van der Waals surface area contributed by atoms with E-state index in [1.807, 2.05) is 35.2 Å². The van der Waals surface area contributed by atoms with Gasteiger partial charge in [0.25, 0.3) is 0 Å². The van der Waals surface area contributed by atoms with Crippen LogP contribution >= 0.6 is 0 Å². The first kappa shape index (κ1) is 20.8. The van der Waals surface area contributed by atoms with E-state index < -0.39 is 5.91 Å². The SMILES string of the molecule is COc1cccc(-c2cc(C(N)=O)c3c(c2)C2=C(CCC(C(=O)N4CCOCC4)C2)C3)c1. The molecule has 2 aliphatic carbocycles. The van der Waals surface area contributed by atoms with E-state index in [2.05, 4.69) is 6.07 Å². The summed E-state index contributed by atoms with van der Waals surface area (Å²) in [6, 6.07) is 11.8. The van der Waals surface area contributed by atoms with Crippen molar-refractivity contribution >= 4 is 17.4 Å². The van der Waals surface area contributed by atoms with Crippen molar-refractivity contribution in [3.8, 4) is 16.9 Å². The number of amides is 2. The maximum Gasteiger partial charge on any atom is 0.249 e. The Kier molecular flexibility index (Phi) is 5.47. The summed E-state index contributed by atoms with van der Waals surface area (Å²) < 4.78 is 10.8. The lowest BCUT2D eigenvalue weighted by molar-refractivity contribution is -0.139. The maximum atomic E-state index is 13.1. The Hall–Kier alpha value is -3.12. The Morgan fingerprint density at radius 3 is 2.69 bits per heavy atom. The topological polar surface area (TPSA) is 81.9 Å². The van der Waals surface area contributed by atoms with Gasteiger partial charge in [0, 0.05) is 24.6 Å².